The lowest BCUT2D eigenvalue weighted by Crippen LogP contribution is -1.80. The Morgan fingerprint density at radius 2 is 1.40 bits per heavy atom. The molecule has 10 heavy (non-hydrogen) atoms. The van der Waals surface area contributed by atoms with Crippen LogP contribution in [0.4, 0.5) is 0 Å². The molecule has 2 heteroatoms. The molecule has 0 saturated heterocycles. The molecule has 62 valence electrons. The standard InChI is InChI=1S/C8H17P.BrH/c1-4-7(5-2)8(9)6-3;/h4-6,9H2,1-3H3;1H. The summed E-state index contributed by atoms with van der Waals surface area (Å²) in [5.41, 5.74) is 1.60. The summed E-state index contributed by atoms with van der Waals surface area (Å²) >= 11 is 0. The first kappa shape index (κ1) is 13.3. The first-order valence-corrected chi connectivity index (χ1v) is 4.30. The molecule has 0 fully saturated rings. The summed E-state index contributed by atoms with van der Waals surface area (Å²) in [7, 11) is 2.82. The first-order valence-electron chi connectivity index (χ1n) is 3.72. The highest BCUT2D eigenvalue weighted by Crippen LogP contribution is 2.20. The van der Waals surface area contributed by atoms with Gasteiger partial charge in [0.15, 0.2) is 0 Å². The van der Waals surface area contributed by atoms with Gasteiger partial charge in [0, 0.05) is 0 Å². The molecular weight excluding hydrogens is 207 g/mol. The zero-order valence-corrected chi connectivity index (χ0v) is 9.97. The van der Waals surface area contributed by atoms with Crippen LogP contribution in [0.5, 0.6) is 0 Å². The van der Waals surface area contributed by atoms with Crippen LogP contribution in [0.3, 0.4) is 0 Å². The summed E-state index contributed by atoms with van der Waals surface area (Å²) in [5.74, 6) is 0. The van der Waals surface area contributed by atoms with E-state index in [0.717, 1.165) is 0 Å². The predicted octanol–water partition coefficient (Wildman–Crippen LogP) is 3.92. The quantitative estimate of drug-likeness (QED) is 0.638. The van der Waals surface area contributed by atoms with Crippen LogP contribution in [-0.4, -0.2) is 0 Å². The van der Waals surface area contributed by atoms with Crippen molar-refractivity contribution in [1.82, 2.24) is 0 Å². The van der Waals surface area contributed by atoms with E-state index in [1.165, 1.54) is 24.6 Å². The van der Waals surface area contributed by atoms with Crippen molar-refractivity contribution in [2.75, 3.05) is 0 Å². The van der Waals surface area contributed by atoms with Gasteiger partial charge in [0.2, 0.25) is 0 Å². The molecule has 1 atom stereocenters. The normalized spacial score (nSPS) is 8.40. The second-order valence-electron chi connectivity index (χ2n) is 2.19. The number of halogens is 1. The van der Waals surface area contributed by atoms with Crippen LogP contribution >= 0.6 is 26.2 Å². The summed E-state index contributed by atoms with van der Waals surface area (Å²) in [4.78, 5) is 0. The van der Waals surface area contributed by atoms with Gasteiger partial charge in [-0.05, 0) is 19.3 Å². The number of rotatable bonds is 3. The summed E-state index contributed by atoms with van der Waals surface area (Å²) in [6.07, 6.45) is 3.61. The fraction of sp³-hybridized carbons (Fsp3) is 0.750. The largest absolute Gasteiger partial charge is 0.114 e. The second-order valence-corrected chi connectivity index (χ2v) is 2.89. The van der Waals surface area contributed by atoms with Gasteiger partial charge in [-0.15, -0.1) is 26.2 Å². The molecule has 0 rings (SSSR count). The Balaban J connectivity index is 0. The van der Waals surface area contributed by atoms with Gasteiger partial charge in [0.1, 0.15) is 0 Å². The summed E-state index contributed by atoms with van der Waals surface area (Å²) < 4.78 is 0. The number of allylic oxidation sites excluding steroid dienone is 2. The lowest BCUT2D eigenvalue weighted by Gasteiger charge is -2.03. The molecule has 0 aliphatic heterocycles. The van der Waals surface area contributed by atoms with Gasteiger partial charge < -0.3 is 0 Å². The van der Waals surface area contributed by atoms with E-state index in [1.54, 1.807) is 5.57 Å². The molecule has 0 amide bonds. The van der Waals surface area contributed by atoms with Gasteiger partial charge in [-0.25, -0.2) is 0 Å². The van der Waals surface area contributed by atoms with Crippen molar-refractivity contribution in [2.45, 2.75) is 40.0 Å². The third-order valence-corrected chi connectivity index (χ3v) is 2.51. The molecule has 1 unspecified atom stereocenters. The monoisotopic (exact) mass is 224 g/mol. The van der Waals surface area contributed by atoms with Crippen molar-refractivity contribution in [3.8, 4) is 0 Å². The van der Waals surface area contributed by atoms with E-state index >= 15 is 0 Å². The SMILES string of the molecule is Br.CCC(P)=C(CC)CC. The smallest absolute Gasteiger partial charge is 0.0309 e. The van der Waals surface area contributed by atoms with Gasteiger partial charge in [0.05, 0.1) is 0 Å². The molecule has 0 aromatic heterocycles. The Hall–Kier alpha value is 0.650. The van der Waals surface area contributed by atoms with E-state index in [1.807, 2.05) is 0 Å². The van der Waals surface area contributed by atoms with Crippen molar-refractivity contribution in [3.05, 3.63) is 10.9 Å². The Kier molecular flexibility index (Phi) is 10.3. The molecule has 0 aromatic carbocycles. The molecule has 0 bridgehead atoms. The van der Waals surface area contributed by atoms with E-state index in [-0.39, 0.29) is 17.0 Å². The maximum atomic E-state index is 2.82. The molecule has 0 N–H and O–H groups in total. The molecule has 0 nitrogen and oxygen atoms in total. The van der Waals surface area contributed by atoms with E-state index in [2.05, 4.69) is 30.0 Å². The van der Waals surface area contributed by atoms with Crippen molar-refractivity contribution in [3.63, 3.8) is 0 Å². The minimum absolute atomic E-state index is 0. The third-order valence-electron chi connectivity index (χ3n) is 1.69. The van der Waals surface area contributed by atoms with E-state index in [4.69, 9.17) is 0 Å². The van der Waals surface area contributed by atoms with Crippen molar-refractivity contribution < 1.29 is 0 Å². The van der Waals surface area contributed by atoms with Crippen LogP contribution in [0, 0.1) is 0 Å². The fourth-order valence-corrected chi connectivity index (χ4v) is 1.36. The highest BCUT2D eigenvalue weighted by molar-refractivity contribution is 8.93. The van der Waals surface area contributed by atoms with Crippen LogP contribution in [0.25, 0.3) is 0 Å². The molecule has 0 radical (unpaired) electrons. The van der Waals surface area contributed by atoms with Gasteiger partial charge in [-0.1, -0.05) is 31.7 Å². The highest BCUT2D eigenvalue weighted by atomic mass is 79.9. The highest BCUT2D eigenvalue weighted by Gasteiger charge is 1.93. The molecule has 0 heterocycles. The average Bonchev–Trinajstić information content (AvgIpc) is 1.90. The number of hydrogen-bond donors (Lipinski definition) is 0. The first-order chi connectivity index (χ1) is 4.26. The van der Waals surface area contributed by atoms with E-state index in [0.29, 0.717) is 0 Å². The van der Waals surface area contributed by atoms with Crippen molar-refractivity contribution in [2.24, 2.45) is 0 Å². The fourth-order valence-electron chi connectivity index (χ4n) is 0.954. The maximum absolute atomic E-state index is 2.82. The average molecular weight is 225 g/mol. The molecule has 0 aliphatic rings. The number of hydrogen-bond acceptors (Lipinski definition) is 0. The van der Waals surface area contributed by atoms with Crippen molar-refractivity contribution in [1.29, 1.82) is 0 Å². The molecular formula is C8H18BrP. The summed E-state index contributed by atoms with van der Waals surface area (Å²) in [6, 6.07) is 0. The Morgan fingerprint density at radius 3 is 1.50 bits per heavy atom. The van der Waals surface area contributed by atoms with Crippen LogP contribution < -0.4 is 0 Å². The second kappa shape index (κ2) is 7.75. The van der Waals surface area contributed by atoms with Crippen LogP contribution in [0.1, 0.15) is 40.0 Å². The summed E-state index contributed by atoms with van der Waals surface area (Å²) in [6.45, 7) is 6.64. The van der Waals surface area contributed by atoms with Crippen LogP contribution in [-0.2, 0) is 0 Å². The minimum Gasteiger partial charge on any atom is -0.114 e. The van der Waals surface area contributed by atoms with Gasteiger partial charge in [-0.2, -0.15) is 0 Å². The van der Waals surface area contributed by atoms with E-state index < -0.39 is 0 Å². The minimum atomic E-state index is 0. The zero-order chi connectivity index (χ0) is 7.28. The maximum Gasteiger partial charge on any atom is -0.0309 e. The third kappa shape index (κ3) is 4.46. The topological polar surface area (TPSA) is 0 Å². The van der Waals surface area contributed by atoms with Crippen LogP contribution in [0.2, 0.25) is 0 Å². The van der Waals surface area contributed by atoms with Crippen molar-refractivity contribution >= 4 is 26.2 Å². The Bertz CT molecular complexity index is 102. The van der Waals surface area contributed by atoms with Crippen LogP contribution in [0.15, 0.2) is 10.9 Å². The molecule has 0 saturated carbocycles. The van der Waals surface area contributed by atoms with Gasteiger partial charge in [0.25, 0.3) is 0 Å². The lowest BCUT2D eigenvalue weighted by molar-refractivity contribution is 0.946. The van der Waals surface area contributed by atoms with E-state index in [9.17, 15) is 0 Å². The van der Waals surface area contributed by atoms with Gasteiger partial charge in [-0.3, -0.25) is 0 Å². The summed E-state index contributed by atoms with van der Waals surface area (Å²) in [5, 5.41) is 1.50. The lowest BCUT2D eigenvalue weighted by atomic mass is 10.1. The predicted molar refractivity (Wildman–Crippen MR) is 57.9 cm³/mol. The molecule has 0 spiro atoms. The Labute approximate surface area is 77.4 Å². The Morgan fingerprint density at radius 1 is 1.00 bits per heavy atom. The zero-order valence-electron chi connectivity index (χ0n) is 7.11. The van der Waals surface area contributed by atoms with Gasteiger partial charge >= 0.3 is 0 Å². The molecule has 0 aliphatic carbocycles. The molecule has 0 aromatic rings.